The van der Waals surface area contributed by atoms with Crippen molar-refractivity contribution in [2.75, 3.05) is 43.0 Å². The summed E-state index contributed by atoms with van der Waals surface area (Å²) >= 11 is 0. The van der Waals surface area contributed by atoms with Crippen LogP contribution in [0.3, 0.4) is 0 Å². The van der Waals surface area contributed by atoms with Gasteiger partial charge in [-0.15, -0.1) is 0 Å². The highest BCUT2D eigenvalue weighted by Gasteiger charge is 2.38. The first-order valence-corrected chi connectivity index (χ1v) is 12.5. The number of amides is 1. The van der Waals surface area contributed by atoms with Crippen LogP contribution in [0.15, 0.2) is 48.5 Å². The minimum Gasteiger partial charge on any atom is -0.382 e. The number of nitro benzene ring substituents is 1. The summed E-state index contributed by atoms with van der Waals surface area (Å²) < 4.78 is 45.6. The van der Waals surface area contributed by atoms with Gasteiger partial charge in [0.2, 0.25) is 5.91 Å². The van der Waals surface area contributed by atoms with Gasteiger partial charge in [0.25, 0.3) is 5.69 Å². The van der Waals surface area contributed by atoms with Crippen LogP contribution in [0.1, 0.15) is 37.7 Å². The average molecular weight is 521 g/mol. The van der Waals surface area contributed by atoms with E-state index in [4.69, 9.17) is 4.74 Å². The van der Waals surface area contributed by atoms with Crippen molar-refractivity contribution in [2.24, 2.45) is 0 Å². The maximum absolute atomic E-state index is 13.2. The predicted molar refractivity (Wildman–Crippen MR) is 134 cm³/mol. The Labute approximate surface area is 213 Å². The van der Waals surface area contributed by atoms with Gasteiger partial charge in [0.15, 0.2) is 0 Å². The quantitative estimate of drug-likeness (QED) is 0.404. The van der Waals surface area contributed by atoms with E-state index in [2.05, 4.69) is 22.3 Å². The number of nitro groups is 1. The van der Waals surface area contributed by atoms with Crippen LogP contribution in [0, 0.1) is 10.1 Å². The lowest BCUT2D eigenvalue weighted by Gasteiger charge is -2.30. The lowest BCUT2D eigenvalue weighted by atomic mass is 9.92. The van der Waals surface area contributed by atoms with Gasteiger partial charge < -0.3 is 19.9 Å². The van der Waals surface area contributed by atoms with E-state index in [1.165, 1.54) is 6.07 Å². The number of carbonyl (C=O) groups is 1. The van der Waals surface area contributed by atoms with Crippen molar-refractivity contribution in [3.8, 4) is 0 Å². The van der Waals surface area contributed by atoms with Crippen molar-refractivity contribution in [3.63, 3.8) is 0 Å². The molecular weight excluding hydrogens is 489 g/mol. The molecule has 0 unspecified atom stereocenters. The molecule has 0 bridgehead atoms. The Morgan fingerprint density at radius 3 is 2.43 bits per heavy atom. The fraction of sp³-hybridized carbons (Fsp3) is 0.500. The Bertz CT molecular complexity index is 1080. The zero-order valence-electron chi connectivity index (χ0n) is 20.5. The van der Waals surface area contributed by atoms with E-state index in [-0.39, 0.29) is 30.3 Å². The van der Waals surface area contributed by atoms with Gasteiger partial charge in [0, 0.05) is 49.7 Å². The number of anilines is 2. The van der Waals surface area contributed by atoms with Crippen LogP contribution in [-0.4, -0.2) is 60.7 Å². The lowest BCUT2D eigenvalue weighted by Crippen LogP contribution is -2.39. The molecular formula is C26H31F3N4O4. The molecule has 1 heterocycles. The van der Waals surface area contributed by atoms with Crippen LogP contribution < -0.4 is 10.2 Å². The smallest absolute Gasteiger partial charge is 0.382 e. The van der Waals surface area contributed by atoms with Crippen LogP contribution in [0.4, 0.5) is 30.2 Å². The number of benzene rings is 2. The molecule has 200 valence electrons. The van der Waals surface area contributed by atoms with E-state index in [0.29, 0.717) is 38.8 Å². The summed E-state index contributed by atoms with van der Waals surface area (Å²) in [5.74, 6) is -0.0271. The molecule has 1 N–H and O–H groups in total. The number of rotatable bonds is 7. The second kappa shape index (κ2) is 11.8. The van der Waals surface area contributed by atoms with E-state index in [1.807, 2.05) is 23.1 Å². The van der Waals surface area contributed by atoms with E-state index in [1.54, 1.807) is 0 Å². The molecule has 2 fully saturated rings. The highest BCUT2D eigenvalue weighted by atomic mass is 19.4. The summed E-state index contributed by atoms with van der Waals surface area (Å²) in [6, 6.07) is 13.0. The van der Waals surface area contributed by atoms with Crippen LogP contribution in [0.2, 0.25) is 0 Å². The second-order valence-corrected chi connectivity index (χ2v) is 9.47. The monoisotopic (exact) mass is 520 g/mol. The Balaban J connectivity index is 1.22. The molecule has 0 spiro atoms. The van der Waals surface area contributed by atoms with Crippen molar-refractivity contribution < 1.29 is 27.6 Å². The van der Waals surface area contributed by atoms with Gasteiger partial charge in [-0.05, 0) is 56.4 Å². The Morgan fingerprint density at radius 2 is 1.76 bits per heavy atom. The largest absolute Gasteiger partial charge is 0.423 e. The van der Waals surface area contributed by atoms with Crippen molar-refractivity contribution in [2.45, 2.75) is 50.4 Å². The summed E-state index contributed by atoms with van der Waals surface area (Å²) in [6.45, 7) is 3.02. The van der Waals surface area contributed by atoms with Crippen molar-refractivity contribution in [1.82, 2.24) is 4.90 Å². The van der Waals surface area contributed by atoms with Crippen LogP contribution in [0.5, 0.6) is 0 Å². The van der Waals surface area contributed by atoms with Gasteiger partial charge in [0.1, 0.15) is 12.2 Å². The van der Waals surface area contributed by atoms with Crippen molar-refractivity contribution in [3.05, 3.63) is 64.2 Å². The Kier molecular flexibility index (Phi) is 8.52. The third-order valence-corrected chi connectivity index (χ3v) is 6.96. The first-order chi connectivity index (χ1) is 17.7. The van der Waals surface area contributed by atoms with Crippen LogP contribution in [-0.2, 0) is 15.7 Å². The minimum absolute atomic E-state index is 0.0192. The fourth-order valence-corrected chi connectivity index (χ4v) is 4.97. The molecule has 0 aromatic heterocycles. The number of hydrogen-bond donors (Lipinski definition) is 1. The summed E-state index contributed by atoms with van der Waals surface area (Å²) in [4.78, 5) is 26.8. The molecule has 11 heteroatoms. The molecule has 1 aliphatic heterocycles. The third-order valence-electron chi connectivity index (χ3n) is 6.96. The molecule has 8 nitrogen and oxygen atoms in total. The molecule has 2 aliphatic rings. The molecule has 2 aromatic carbocycles. The maximum atomic E-state index is 13.2. The molecule has 1 saturated heterocycles. The topological polar surface area (TPSA) is 87.9 Å². The second-order valence-electron chi connectivity index (χ2n) is 9.47. The predicted octanol–water partition coefficient (Wildman–Crippen LogP) is 5.09. The SMILES string of the molecule is O=C(CO[C@H]1CC[C@H](Nc2ccc([N+](=O)[O-])c(C(F)(F)F)c2)CC1)N1CCCN(c2ccccc2)CC1. The van der Waals surface area contributed by atoms with Crippen LogP contribution in [0.25, 0.3) is 0 Å². The van der Waals surface area contributed by atoms with E-state index >= 15 is 0 Å². The normalized spacial score (nSPS) is 20.8. The summed E-state index contributed by atoms with van der Waals surface area (Å²) in [5, 5.41) is 14.0. The molecule has 1 aliphatic carbocycles. The van der Waals surface area contributed by atoms with Gasteiger partial charge in [-0.2, -0.15) is 13.2 Å². The molecule has 2 aromatic rings. The summed E-state index contributed by atoms with van der Waals surface area (Å²) in [5.41, 5.74) is -0.875. The first-order valence-electron chi connectivity index (χ1n) is 12.5. The highest BCUT2D eigenvalue weighted by Crippen LogP contribution is 2.38. The van der Waals surface area contributed by atoms with Crippen molar-refractivity contribution in [1.29, 1.82) is 0 Å². The Morgan fingerprint density at radius 1 is 1.03 bits per heavy atom. The average Bonchev–Trinajstić information content (AvgIpc) is 3.14. The number of halogens is 3. The van der Waals surface area contributed by atoms with Gasteiger partial charge in [-0.25, -0.2) is 0 Å². The number of nitrogens with one attached hydrogen (secondary N) is 1. The lowest BCUT2D eigenvalue weighted by molar-refractivity contribution is -0.388. The van der Waals surface area contributed by atoms with Gasteiger partial charge >= 0.3 is 6.18 Å². The summed E-state index contributed by atoms with van der Waals surface area (Å²) in [6.07, 6.45) is -1.35. The van der Waals surface area contributed by atoms with Crippen LogP contribution >= 0.6 is 0 Å². The van der Waals surface area contributed by atoms with Gasteiger partial charge in [-0.3, -0.25) is 14.9 Å². The summed E-state index contributed by atoms with van der Waals surface area (Å²) in [7, 11) is 0. The highest BCUT2D eigenvalue weighted by molar-refractivity contribution is 5.77. The molecule has 37 heavy (non-hydrogen) atoms. The number of para-hydroxylation sites is 1. The van der Waals surface area contributed by atoms with E-state index in [9.17, 15) is 28.1 Å². The number of hydrogen-bond acceptors (Lipinski definition) is 6. The fourth-order valence-electron chi connectivity index (χ4n) is 4.97. The molecule has 1 saturated carbocycles. The number of ether oxygens (including phenoxy) is 1. The third kappa shape index (κ3) is 7.12. The molecule has 0 atom stereocenters. The standard InChI is InChI=1S/C26H31F3N4O4/c27-26(28,29)23-17-20(9-12-24(23)33(35)36)30-19-7-10-22(11-8-19)37-18-25(34)32-14-4-13-31(15-16-32)21-5-2-1-3-6-21/h1-3,5-6,9,12,17,19,22,30H,4,7-8,10-11,13-16,18H2/t19-,22-. The zero-order chi connectivity index (χ0) is 26.4. The number of alkyl halides is 3. The zero-order valence-corrected chi connectivity index (χ0v) is 20.5. The first kappa shape index (κ1) is 26.7. The maximum Gasteiger partial charge on any atom is 0.423 e. The molecule has 0 radical (unpaired) electrons. The minimum atomic E-state index is -4.81. The molecule has 1 amide bonds. The van der Waals surface area contributed by atoms with E-state index < -0.39 is 22.4 Å². The Hall–Kier alpha value is -3.34. The van der Waals surface area contributed by atoms with E-state index in [0.717, 1.165) is 37.3 Å². The number of nitrogens with zero attached hydrogens (tertiary/aromatic N) is 3. The number of carbonyl (C=O) groups excluding carboxylic acids is 1. The van der Waals surface area contributed by atoms with Gasteiger partial charge in [0.05, 0.1) is 11.0 Å². The van der Waals surface area contributed by atoms with Crippen molar-refractivity contribution >= 4 is 23.0 Å². The van der Waals surface area contributed by atoms with Gasteiger partial charge in [-0.1, -0.05) is 18.2 Å². The molecule has 4 rings (SSSR count).